The van der Waals surface area contributed by atoms with Crippen LogP contribution in [-0.4, -0.2) is 26.6 Å². The Bertz CT molecular complexity index is 558. The molecule has 100 valence electrons. The third-order valence-corrected chi connectivity index (χ3v) is 3.58. The van der Waals surface area contributed by atoms with Crippen LogP contribution in [0, 0.1) is 0 Å². The molecule has 3 rings (SSSR count). The summed E-state index contributed by atoms with van der Waals surface area (Å²) in [5, 5.41) is 0. The minimum Gasteiger partial charge on any atom is -0.352 e. The molecule has 0 spiro atoms. The molecule has 0 N–H and O–H groups in total. The molecule has 0 unspecified atom stereocenters. The van der Waals surface area contributed by atoms with Crippen molar-refractivity contribution in [1.29, 1.82) is 0 Å². The molecule has 2 aromatic rings. The van der Waals surface area contributed by atoms with E-state index in [0.29, 0.717) is 5.92 Å². The Balaban J connectivity index is 1.76. The molecule has 0 bridgehead atoms. The smallest absolute Gasteiger partial charge is 0.132 e. The van der Waals surface area contributed by atoms with Gasteiger partial charge in [0, 0.05) is 43.7 Å². The molecule has 2 heterocycles. The average molecular weight is 257 g/mol. The highest BCUT2D eigenvalue weighted by Crippen LogP contribution is 2.39. The highest BCUT2D eigenvalue weighted by molar-refractivity contribution is 5.39. The SMILES string of the molecule is CCn1ccnc1CN(C)c1cc(C2CC2)ncn1. The topological polar surface area (TPSA) is 46.8 Å². The first-order chi connectivity index (χ1) is 9.28. The number of hydrogen-bond donors (Lipinski definition) is 0. The number of aromatic nitrogens is 4. The lowest BCUT2D eigenvalue weighted by Gasteiger charge is -2.18. The molecular weight excluding hydrogens is 238 g/mol. The first kappa shape index (κ1) is 12.1. The van der Waals surface area contributed by atoms with Crippen molar-refractivity contribution < 1.29 is 0 Å². The molecule has 0 aromatic carbocycles. The zero-order valence-electron chi connectivity index (χ0n) is 11.5. The van der Waals surface area contributed by atoms with Crippen LogP contribution in [0.4, 0.5) is 5.82 Å². The predicted molar refractivity (Wildman–Crippen MR) is 74.0 cm³/mol. The van der Waals surface area contributed by atoms with Gasteiger partial charge in [0.05, 0.1) is 6.54 Å². The third-order valence-electron chi connectivity index (χ3n) is 3.58. The summed E-state index contributed by atoms with van der Waals surface area (Å²) in [4.78, 5) is 15.2. The fourth-order valence-electron chi connectivity index (χ4n) is 2.25. The van der Waals surface area contributed by atoms with Crippen molar-refractivity contribution in [1.82, 2.24) is 19.5 Å². The maximum atomic E-state index is 4.40. The van der Waals surface area contributed by atoms with Crippen molar-refractivity contribution >= 4 is 5.82 Å². The van der Waals surface area contributed by atoms with Crippen LogP contribution >= 0.6 is 0 Å². The Labute approximate surface area is 113 Å². The Kier molecular flexibility index (Phi) is 3.19. The van der Waals surface area contributed by atoms with E-state index >= 15 is 0 Å². The largest absolute Gasteiger partial charge is 0.352 e. The second kappa shape index (κ2) is 4.99. The van der Waals surface area contributed by atoms with Gasteiger partial charge in [-0.25, -0.2) is 15.0 Å². The Morgan fingerprint density at radius 1 is 1.32 bits per heavy atom. The lowest BCUT2D eigenvalue weighted by molar-refractivity contribution is 0.682. The van der Waals surface area contributed by atoms with Crippen molar-refractivity contribution in [3.05, 3.63) is 36.3 Å². The number of aryl methyl sites for hydroxylation is 1. The summed E-state index contributed by atoms with van der Waals surface area (Å²) in [6, 6.07) is 2.11. The molecule has 5 heteroatoms. The van der Waals surface area contributed by atoms with E-state index in [1.54, 1.807) is 6.33 Å². The zero-order valence-corrected chi connectivity index (χ0v) is 11.5. The number of nitrogens with zero attached hydrogens (tertiary/aromatic N) is 5. The highest BCUT2D eigenvalue weighted by Gasteiger charge is 2.25. The second-order valence-electron chi connectivity index (χ2n) is 5.06. The van der Waals surface area contributed by atoms with Crippen molar-refractivity contribution in [3.63, 3.8) is 0 Å². The Morgan fingerprint density at radius 2 is 2.16 bits per heavy atom. The number of imidazole rings is 1. The molecule has 0 atom stereocenters. The van der Waals surface area contributed by atoms with Gasteiger partial charge in [-0.2, -0.15) is 0 Å². The monoisotopic (exact) mass is 257 g/mol. The van der Waals surface area contributed by atoms with E-state index in [-0.39, 0.29) is 0 Å². The first-order valence-electron chi connectivity index (χ1n) is 6.81. The summed E-state index contributed by atoms with van der Waals surface area (Å²) in [5.41, 5.74) is 1.18. The summed E-state index contributed by atoms with van der Waals surface area (Å²) in [5.74, 6) is 2.70. The summed E-state index contributed by atoms with van der Waals surface area (Å²) in [6.45, 7) is 3.84. The first-order valence-corrected chi connectivity index (χ1v) is 6.81. The number of anilines is 1. The third kappa shape index (κ3) is 2.59. The van der Waals surface area contributed by atoms with Gasteiger partial charge in [-0.1, -0.05) is 0 Å². The molecule has 0 radical (unpaired) electrons. The van der Waals surface area contributed by atoms with Gasteiger partial charge in [-0.15, -0.1) is 0 Å². The Morgan fingerprint density at radius 3 is 2.89 bits per heavy atom. The van der Waals surface area contributed by atoms with Crippen LogP contribution < -0.4 is 4.90 Å². The molecule has 5 nitrogen and oxygen atoms in total. The van der Waals surface area contributed by atoms with Crippen LogP contribution in [0.1, 0.15) is 37.2 Å². The average Bonchev–Trinajstić information content (AvgIpc) is 3.20. The van der Waals surface area contributed by atoms with Crippen molar-refractivity contribution in [2.75, 3.05) is 11.9 Å². The van der Waals surface area contributed by atoms with E-state index < -0.39 is 0 Å². The quantitative estimate of drug-likeness (QED) is 0.824. The number of rotatable bonds is 5. The zero-order chi connectivity index (χ0) is 13.2. The van der Waals surface area contributed by atoms with E-state index in [9.17, 15) is 0 Å². The maximum Gasteiger partial charge on any atom is 0.132 e. The van der Waals surface area contributed by atoms with Crippen LogP contribution in [-0.2, 0) is 13.1 Å². The van der Waals surface area contributed by atoms with Crippen LogP contribution in [0.5, 0.6) is 0 Å². The molecule has 0 aliphatic heterocycles. The van der Waals surface area contributed by atoms with Gasteiger partial charge in [-0.3, -0.25) is 0 Å². The van der Waals surface area contributed by atoms with E-state index in [2.05, 4.69) is 37.4 Å². The van der Waals surface area contributed by atoms with Crippen LogP contribution in [0.25, 0.3) is 0 Å². The van der Waals surface area contributed by atoms with Crippen LogP contribution in [0.2, 0.25) is 0 Å². The standard InChI is InChI=1S/C14H19N5/c1-3-19-7-6-15-14(19)9-18(2)13-8-12(11-4-5-11)16-10-17-13/h6-8,10-11H,3-5,9H2,1-2H3. The normalized spacial score (nSPS) is 14.6. The molecular formula is C14H19N5. The van der Waals surface area contributed by atoms with Crippen LogP contribution in [0.3, 0.4) is 0 Å². The van der Waals surface area contributed by atoms with E-state index in [0.717, 1.165) is 24.7 Å². The minimum atomic E-state index is 0.660. The lowest BCUT2D eigenvalue weighted by atomic mass is 10.3. The maximum absolute atomic E-state index is 4.40. The molecule has 1 saturated carbocycles. The van der Waals surface area contributed by atoms with Crippen molar-refractivity contribution in [2.45, 2.75) is 38.8 Å². The summed E-state index contributed by atoms with van der Waals surface area (Å²) < 4.78 is 2.15. The second-order valence-corrected chi connectivity index (χ2v) is 5.06. The molecule has 0 saturated heterocycles. The summed E-state index contributed by atoms with van der Waals surface area (Å²) in [7, 11) is 2.05. The molecule has 19 heavy (non-hydrogen) atoms. The lowest BCUT2D eigenvalue weighted by Crippen LogP contribution is -2.20. The van der Waals surface area contributed by atoms with Gasteiger partial charge >= 0.3 is 0 Å². The fourth-order valence-corrected chi connectivity index (χ4v) is 2.25. The predicted octanol–water partition coefficient (Wildman–Crippen LogP) is 2.21. The van der Waals surface area contributed by atoms with Gasteiger partial charge in [0.25, 0.3) is 0 Å². The molecule has 1 aliphatic rings. The van der Waals surface area contributed by atoms with Crippen LogP contribution in [0.15, 0.2) is 24.8 Å². The fraction of sp³-hybridized carbons (Fsp3) is 0.500. The minimum absolute atomic E-state index is 0.660. The molecule has 1 fully saturated rings. The molecule has 2 aromatic heterocycles. The van der Waals surface area contributed by atoms with Gasteiger partial charge in [-0.05, 0) is 19.8 Å². The summed E-state index contributed by atoms with van der Waals surface area (Å²) >= 11 is 0. The van der Waals surface area contributed by atoms with E-state index in [1.807, 2.05) is 19.4 Å². The summed E-state index contributed by atoms with van der Waals surface area (Å²) in [6.07, 6.45) is 8.06. The van der Waals surface area contributed by atoms with E-state index in [1.165, 1.54) is 18.5 Å². The van der Waals surface area contributed by atoms with E-state index in [4.69, 9.17) is 0 Å². The number of hydrogen-bond acceptors (Lipinski definition) is 4. The van der Waals surface area contributed by atoms with Crippen molar-refractivity contribution in [3.8, 4) is 0 Å². The van der Waals surface area contributed by atoms with Gasteiger partial charge in [0.15, 0.2) is 0 Å². The Hall–Kier alpha value is -1.91. The van der Waals surface area contributed by atoms with Gasteiger partial charge in [0.1, 0.15) is 18.0 Å². The van der Waals surface area contributed by atoms with Crippen molar-refractivity contribution in [2.24, 2.45) is 0 Å². The highest BCUT2D eigenvalue weighted by atomic mass is 15.2. The molecule has 1 aliphatic carbocycles. The van der Waals surface area contributed by atoms with Gasteiger partial charge < -0.3 is 9.47 Å². The van der Waals surface area contributed by atoms with Gasteiger partial charge in [0.2, 0.25) is 0 Å². The molecule has 0 amide bonds.